The van der Waals surface area contributed by atoms with Crippen LogP contribution in [0.2, 0.25) is 0 Å². The van der Waals surface area contributed by atoms with Crippen molar-refractivity contribution in [2.75, 3.05) is 13.2 Å². The van der Waals surface area contributed by atoms with Crippen LogP contribution in [0.15, 0.2) is 0 Å². The molecule has 13 heavy (non-hydrogen) atoms. The van der Waals surface area contributed by atoms with Crippen molar-refractivity contribution in [3.8, 4) is 6.07 Å². The van der Waals surface area contributed by atoms with Gasteiger partial charge in [-0.1, -0.05) is 13.8 Å². The number of nitriles is 1. The van der Waals surface area contributed by atoms with Crippen molar-refractivity contribution < 1.29 is 5.11 Å². The minimum absolute atomic E-state index is 0.230. The molecule has 0 amide bonds. The van der Waals surface area contributed by atoms with E-state index in [4.69, 9.17) is 10.4 Å². The number of aliphatic hydroxyl groups excluding tert-OH is 1. The van der Waals surface area contributed by atoms with Gasteiger partial charge in [0.2, 0.25) is 0 Å². The second-order valence-corrected chi connectivity index (χ2v) is 3.58. The Labute approximate surface area is 80.8 Å². The van der Waals surface area contributed by atoms with Crippen LogP contribution in [0.1, 0.15) is 33.1 Å². The molecule has 0 bridgehead atoms. The Morgan fingerprint density at radius 3 is 2.62 bits per heavy atom. The zero-order valence-electron chi connectivity index (χ0n) is 8.58. The SMILES string of the molecule is CC(C)C(CCO)NCCCC#N. The molecule has 0 fully saturated rings. The Balaban J connectivity index is 3.52. The van der Waals surface area contributed by atoms with Gasteiger partial charge < -0.3 is 10.4 Å². The molecule has 0 aliphatic heterocycles. The molecule has 76 valence electrons. The zero-order valence-corrected chi connectivity index (χ0v) is 8.58. The summed E-state index contributed by atoms with van der Waals surface area (Å²) in [6.07, 6.45) is 2.30. The van der Waals surface area contributed by atoms with Gasteiger partial charge in [0, 0.05) is 19.1 Å². The highest BCUT2D eigenvalue weighted by atomic mass is 16.3. The van der Waals surface area contributed by atoms with Crippen LogP contribution in [0.3, 0.4) is 0 Å². The van der Waals surface area contributed by atoms with Gasteiger partial charge in [-0.3, -0.25) is 0 Å². The number of rotatable bonds is 7. The van der Waals surface area contributed by atoms with E-state index in [0.29, 0.717) is 18.4 Å². The summed E-state index contributed by atoms with van der Waals surface area (Å²) in [6, 6.07) is 2.49. The van der Waals surface area contributed by atoms with Gasteiger partial charge in [0.05, 0.1) is 6.07 Å². The van der Waals surface area contributed by atoms with Crippen molar-refractivity contribution in [1.29, 1.82) is 5.26 Å². The molecule has 3 nitrogen and oxygen atoms in total. The van der Waals surface area contributed by atoms with Crippen molar-refractivity contribution in [2.24, 2.45) is 5.92 Å². The Morgan fingerprint density at radius 1 is 1.46 bits per heavy atom. The molecule has 1 unspecified atom stereocenters. The summed E-state index contributed by atoms with van der Waals surface area (Å²) in [5, 5.41) is 20.5. The fraction of sp³-hybridized carbons (Fsp3) is 0.900. The first-order chi connectivity index (χ1) is 6.22. The topological polar surface area (TPSA) is 56.0 Å². The van der Waals surface area contributed by atoms with E-state index in [2.05, 4.69) is 25.2 Å². The van der Waals surface area contributed by atoms with E-state index in [1.807, 2.05) is 0 Å². The number of hydrogen-bond donors (Lipinski definition) is 2. The molecule has 0 spiro atoms. The van der Waals surface area contributed by atoms with Gasteiger partial charge in [-0.15, -0.1) is 0 Å². The maximum Gasteiger partial charge on any atom is 0.0622 e. The van der Waals surface area contributed by atoms with Crippen LogP contribution in [0.25, 0.3) is 0 Å². The monoisotopic (exact) mass is 184 g/mol. The van der Waals surface area contributed by atoms with Gasteiger partial charge in [-0.2, -0.15) is 5.26 Å². The minimum atomic E-state index is 0.230. The van der Waals surface area contributed by atoms with Gasteiger partial charge in [0.15, 0.2) is 0 Å². The number of nitrogens with zero attached hydrogens (tertiary/aromatic N) is 1. The first kappa shape index (κ1) is 12.4. The van der Waals surface area contributed by atoms with Gasteiger partial charge in [-0.05, 0) is 25.3 Å². The van der Waals surface area contributed by atoms with E-state index in [0.717, 1.165) is 19.4 Å². The molecule has 0 saturated heterocycles. The second-order valence-electron chi connectivity index (χ2n) is 3.58. The fourth-order valence-electron chi connectivity index (χ4n) is 1.27. The molecule has 0 aromatic rings. The summed E-state index contributed by atoms with van der Waals surface area (Å²) in [5.41, 5.74) is 0. The Hall–Kier alpha value is -0.590. The van der Waals surface area contributed by atoms with Crippen LogP contribution in [-0.2, 0) is 0 Å². The van der Waals surface area contributed by atoms with E-state index in [1.54, 1.807) is 0 Å². The summed E-state index contributed by atoms with van der Waals surface area (Å²) in [4.78, 5) is 0. The highest BCUT2D eigenvalue weighted by Crippen LogP contribution is 2.05. The molecular weight excluding hydrogens is 164 g/mol. The van der Waals surface area contributed by atoms with Crippen molar-refractivity contribution in [3.05, 3.63) is 0 Å². The summed E-state index contributed by atoms with van der Waals surface area (Å²) < 4.78 is 0. The summed E-state index contributed by atoms with van der Waals surface area (Å²) in [7, 11) is 0. The third-order valence-corrected chi connectivity index (χ3v) is 2.12. The number of hydrogen-bond acceptors (Lipinski definition) is 3. The first-order valence-electron chi connectivity index (χ1n) is 4.93. The average molecular weight is 184 g/mol. The molecule has 1 atom stereocenters. The molecular formula is C10H20N2O. The first-order valence-corrected chi connectivity index (χ1v) is 4.93. The molecule has 0 aromatic heterocycles. The quantitative estimate of drug-likeness (QED) is 0.586. The molecule has 0 heterocycles. The average Bonchev–Trinajstić information content (AvgIpc) is 2.10. The Bertz CT molecular complexity index is 151. The normalized spacial score (nSPS) is 12.8. The molecule has 0 aromatic carbocycles. The largest absolute Gasteiger partial charge is 0.396 e. The Morgan fingerprint density at radius 2 is 2.15 bits per heavy atom. The number of nitrogens with one attached hydrogen (secondary N) is 1. The standard InChI is InChI=1S/C10H20N2O/c1-9(2)10(5-8-13)12-7-4-3-6-11/h9-10,12-13H,3-5,7-8H2,1-2H3. The van der Waals surface area contributed by atoms with E-state index in [9.17, 15) is 0 Å². The molecule has 2 N–H and O–H groups in total. The summed E-state index contributed by atoms with van der Waals surface area (Å²) in [5.74, 6) is 0.536. The van der Waals surface area contributed by atoms with E-state index in [-0.39, 0.29) is 6.61 Å². The maximum atomic E-state index is 8.80. The lowest BCUT2D eigenvalue weighted by molar-refractivity contribution is 0.244. The summed E-state index contributed by atoms with van der Waals surface area (Å²) in [6.45, 7) is 5.37. The highest BCUT2D eigenvalue weighted by molar-refractivity contribution is 4.73. The smallest absolute Gasteiger partial charge is 0.0622 e. The maximum absolute atomic E-state index is 8.80. The minimum Gasteiger partial charge on any atom is -0.396 e. The molecule has 3 heteroatoms. The van der Waals surface area contributed by atoms with Gasteiger partial charge >= 0.3 is 0 Å². The van der Waals surface area contributed by atoms with Crippen molar-refractivity contribution in [1.82, 2.24) is 5.32 Å². The van der Waals surface area contributed by atoms with Crippen molar-refractivity contribution >= 4 is 0 Å². The summed E-state index contributed by atoms with van der Waals surface area (Å²) >= 11 is 0. The van der Waals surface area contributed by atoms with Crippen LogP contribution in [-0.4, -0.2) is 24.3 Å². The lowest BCUT2D eigenvalue weighted by Gasteiger charge is -2.21. The van der Waals surface area contributed by atoms with Crippen molar-refractivity contribution in [2.45, 2.75) is 39.2 Å². The molecule has 0 rings (SSSR count). The molecule has 0 aliphatic carbocycles. The zero-order chi connectivity index (χ0) is 10.1. The predicted octanol–water partition coefficient (Wildman–Crippen LogP) is 1.29. The Kier molecular flexibility index (Phi) is 7.66. The van der Waals surface area contributed by atoms with Gasteiger partial charge in [0.25, 0.3) is 0 Å². The van der Waals surface area contributed by atoms with Crippen LogP contribution < -0.4 is 5.32 Å². The lowest BCUT2D eigenvalue weighted by Crippen LogP contribution is -2.35. The molecule has 0 aliphatic rings. The second kappa shape index (κ2) is 8.03. The molecule has 0 radical (unpaired) electrons. The van der Waals surface area contributed by atoms with Crippen LogP contribution in [0.4, 0.5) is 0 Å². The van der Waals surface area contributed by atoms with E-state index in [1.165, 1.54) is 0 Å². The van der Waals surface area contributed by atoms with Crippen LogP contribution in [0.5, 0.6) is 0 Å². The van der Waals surface area contributed by atoms with E-state index < -0.39 is 0 Å². The third kappa shape index (κ3) is 6.56. The predicted molar refractivity (Wildman–Crippen MR) is 53.2 cm³/mol. The van der Waals surface area contributed by atoms with E-state index >= 15 is 0 Å². The van der Waals surface area contributed by atoms with Gasteiger partial charge in [-0.25, -0.2) is 0 Å². The fourth-order valence-corrected chi connectivity index (χ4v) is 1.27. The lowest BCUT2D eigenvalue weighted by atomic mass is 10.0. The van der Waals surface area contributed by atoms with Crippen LogP contribution in [0, 0.1) is 17.2 Å². The molecule has 0 saturated carbocycles. The number of aliphatic hydroxyl groups is 1. The van der Waals surface area contributed by atoms with Crippen molar-refractivity contribution in [3.63, 3.8) is 0 Å². The van der Waals surface area contributed by atoms with Gasteiger partial charge in [0.1, 0.15) is 0 Å². The number of unbranched alkanes of at least 4 members (excludes halogenated alkanes) is 1. The third-order valence-electron chi connectivity index (χ3n) is 2.12. The van der Waals surface area contributed by atoms with Crippen LogP contribution >= 0.6 is 0 Å². The highest BCUT2D eigenvalue weighted by Gasteiger charge is 2.10.